The third-order valence-electron chi connectivity index (χ3n) is 2.75. The maximum atomic E-state index is 13.0. The predicted octanol–water partition coefficient (Wildman–Crippen LogP) is 3.06. The summed E-state index contributed by atoms with van der Waals surface area (Å²) in [5.74, 6) is 0.0693. The molecule has 0 bridgehead atoms. The molecule has 0 spiro atoms. The number of ketones is 1. The monoisotopic (exact) mass is 242 g/mol. The van der Waals surface area contributed by atoms with Crippen LogP contribution in [0, 0.1) is 5.82 Å². The Morgan fingerprint density at radius 1 is 1.62 bits per heavy atom. The van der Waals surface area contributed by atoms with E-state index in [2.05, 4.69) is 0 Å². The van der Waals surface area contributed by atoms with Gasteiger partial charge < -0.3 is 4.74 Å². The molecular weight excluding hydrogens is 231 g/mol. The normalized spacial score (nSPS) is 23.4. The van der Waals surface area contributed by atoms with Gasteiger partial charge in [-0.15, -0.1) is 0 Å². The Bertz CT molecular complexity index is 433. The second kappa shape index (κ2) is 4.06. The van der Waals surface area contributed by atoms with Crippen molar-refractivity contribution in [3.63, 3.8) is 0 Å². The van der Waals surface area contributed by atoms with E-state index in [4.69, 9.17) is 16.3 Å². The van der Waals surface area contributed by atoms with Crippen molar-refractivity contribution in [1.29, 1.82) is 0 Å². The second-order valence-electron chi connectivity index (χ2n) is 3.86. The van der Waals surface area contributed by atoms with Gasteiger partial charge in [-0.25, -0.2) is 4.39 Å². The lowest BCUT2D eigenvalue weighted by Crippen LogP contribution is -2.41. The summed E-state index contributed by atoms with van der Waals surface area (Å²) in [5, 5.41) is -1.26. The largest absolute Gasteiger partial charge is 0.464 e. The van der Waals surface area contributed by atoms with Crippen LogP contribution in [0.25, 0.3) is 0 Å². The lowest BCUT2D eigenvalue weighted by Gasteiger charge is -2.32. The van der Waals surface area contributed by atoms with Gasteiger partial charge >= 0.3 is 0 Å². The molecule has 0 radical (unpaired) electrons. The number of hydrogen-bond acceptors (Lipinski definition) is 2. The van der Waals surface area contributed by atoms with E-state index >= 15 is 0 Å². The molecule has 4 heteroatoms. The smallest absolute Gasteiger partial charge is 0.240 e. The molecule has 1 aliphatic rings. The molecule has 0 aliphatic carbocycles. The summed E-state index contributed by atoms with van der Waals surface area (Å²) in [7, 11) is 0. The van der Waals surface area contributed by atoms with Gasteiger partial charge in [0.25, 0.3) is 0 Å². The molecule has 1 aromatic carbocycles. The van der Waals surface area contributed by atoms with Gasteiger partial charge in [-0.3, -0.25) is 4.79 Å². The molecule has 0 N–H and O–H groups in total. The molecule has 1 aromatic rings. The van der Waals surface area contributed by atoms with Gasteiger partial charge in [0.05, 0.1) is 0 Å². The molecule has 1 aliphatic heterocycles. The minimum Gasteiger partial charge on any atom is -0.464 e. The van der Waals surface area contributed by atoms with E-state index < -0.39 is 5.06 Å². The van der Waals surface area contributed by atoms with Crippen LogP contribution >= 0.6 is 11.6 Å². The Balaban J connectivity index is 2.30. The summed E-state index contributed by atoms with van der Waals surface area (Å²) >= 11 is 6.13. The summed E-state index contributed by atoms with van der Waals surface area (Å²) in [6.07, 6.45) is 1.28. The SMILES string of the molecule is CCC(=O)C1(Cl)CCc2cc(F)ccc2O1. The molecule has 2 rings (SSSR count). The Labute approximate surface area is 98.4 Å². The number of halogens is 2. The zero-order chi connectivity index (χ0) is 11.8. The fourth-order valence-electron chi connectivity index (χ4n) is 1.82. The average Bonchev–Trinajstić information content (AvgIpc) is 2.28. The minimum atomic E-state index is -1.26. The van der Waals surface area contributed by atoms with Crippen LogP contribution in [0.3, 0.4) is 0 Å². The predicted molar refractivity (Wildman–Crippen MR) is 59.2 cm³/mol. The van der Waals surface area contributed by atoms with Crippen molar-refractivity contribution in [3.05, 3.63) is 29.6 Å². The van der Waals surface area contributed by atoms with Crippen molar-refractivity contribution in [2.24, 2.45) is 0 Å². The number of ether oxygens (including phenoxy) is 1. The van der Waals surface area contributed by atoms with Gasteiger partial charge in [-0.1, -0.05) is 18.5 Å². The van der Waals surface area contributed by atoms with E-state index in [1.807, 2.05) is 0 Å². The molecule has 16 heavy (non-hydrogen) atoms. The molecule has 1 unspecified atom stereocenters. The molecule has 0 amide bonds. The summed E-state index contributed by atoms with van der Waals surface area (Å²) in [6, 6.07) is 4.24. The van der Waals surface area contributed by atoms with Gasteiger partial charge in [0.15, 0.2) is 5.78 Å². The number of benzene rings is 1. The number of alkyl halides is 1. The maximum absolute atomic E-state index is 13.0. The first-order chi connectivity index (χ1) is 7.55. The minimum absolute atomic E-state index is 0.135. The highest BCUT2D eigenvalue weighted by atomic mass is 35.5. The van der Waals surface area contributed by atoms with Crippen molar-refractivity contribution in [2.75, 3.05) is 0 Å². The highest BCUT2D eigenvalue weighted by Gasteiger charge is 2.40. The molecule has 0 fully saturated rings. The van der Waals surface area contributed by atoms with Gasteiger partial charge in [0.1, 0.15) is 11.6 Å². The van der Waals surface area contributed by atoms with Gasteiger partial charge in [0.2, 0.25) is 5.06 Å². The van der Waals surface area contributed by atoms with E-state index in [0.717, 1.165) is 5.56 Å². The van der Waals surface area contributed by atoms with Crippen LogP contribution in [0.4, 0.5) is 4.39 Å². The highest BCUT2D eigenvalue weighted by Crippen LogP contribution is 2.37. The van der Waals surface area contributed by atoms with Crippen molar-refractivity contribution in [2.45, 2.75) is 31.2 Å². The van der Waals surface area contributed by atoms with Crippen molar-refractivity contribution >= 4 is 17.4 Å². The highest BCUT2D eigenvalue weighted by molar-refractivity contribution is 6.34. The third-order valence-corrected chi connectivity index (χ3v) is 3.22. The molecule has 0 saturated carbocycles. The van der Waals surface area contributed by atoms with Gasteiger partial charge in [-0.05, 0) is 30.2 Å². The standard InChI is InChI=1S/C12H12ClFO2/c1-2-11(15)12(13)6-5-8-7-9(14)3-4-10(8)16-12/h3-4,7H,2,5-6H2,1H3. The van der Waals surface area contributed by atoms with Crippen LogP contribution in [-0.4, -0.2) is 10.8 Å². The maximum Gasteiger partial charge on any atom is 0.240 e. The molecule has 2 nitrogen and oxygen atoms in total. The number of Topliss-reactive ketones (excluding diaryl/α,β-unsaturated/α-hetero) is 1. The summed E-state index contributed by atoms with van der Waals surface area (Å²) < 4.78 is 18.4. The Hall–Kier alpha value is -1.09. The average molecular weight is 243 g/mol. The zero-order valence-electron chi connectivity index (χ0n) is 8.93. The lowest BCUT2D eigenvalue weighted by atomic mass is 9.98. The fourth-order valence-corrected chi connectivity index (χ4v) is 2.14. The number of fused-ring (bicyclic) bond motifs is 1. The molecule has 0 aromatic heterocycles. The number of carbonyl (C=O) groups is 1. The van der Waals surface area contributed by atoms with Crippen LogP contribution in [0.1, 0.15) is 25.3 Å². The van der Waals surface area contributed by atoms with Crippen LogP contribution in [0.2, 0.25) is 0 Å². The van der Waals surface area contributed by atoms with E-state index in [0.29, 0.717) is 25.0 Å². The van der Waals surface area contributed by atoms with Gasteiger partial charge in [-0.2, -0.15) is 0 Å². The van der Waals surface area contributed by atoms with Crippen LogP contribution in [0.5, 0.6) is 5.75 Å². The fraction of sp³-hybridized carbons (Fsp3) is 0.417. The summed E-state index contributed by atoms with van der Waals surface area (Å²) in [6.45, 7) is 1.75. The first-order valence-electron chi connectivity index (χ1n) is 5.25. The van der Waals surface area contributed by atoms with E-state index in [9.17, 15) is 9.18 Å². The third kappa shape index (κ3) is 1.92. The van der Waals surface area contributed by atoms with Crippen LogP contribution in [0.15, 0.2) is 18.2 Å². The zero-order valence-corrected chi connectivity index (χ0v) is 9.68. The van der Waals surface area contributed by atoms with E-state index in [1.54, 1.807) is 6.92 Å². The number of carbonyl (C=O) groups excluding carboxylic acids is 1. The van der Waals surface area contributed by atoms with Crippen LogP contribution in [-0.2, 0) is 11.2 Å². The molecular formula is C12H12ClFO2. The summed E-state index contributed by atoms with van der Waals surface area (Å²) in [4.78, 5) is 11.6. The van der Waals surface area contributed by atoms with Crippen molar-refractivity contribution in [1.82, 2.24) is 0 Å². The molecule has 1 atom stereocenters. The number of rotatable bonds is 2. The first kappa shape index (κ1) is 11.4. The summed E-state index contributed by atoms with van der Waals surface area (Å²) in [5.41, 5.74) is 0.764. The van der Waals surface area contributed by atoms with Crippen molar-refractivity contribution in [3.8, 4) is 5.75 Å². The van der Waals surface area contributed by atoms with E-state index in [1.165, 1.54) is 18.2 Å². The topological polar surface area (TPSA) is 26.3 Å². The quantitative estimate of drug-likeness (QED) is 0.745. The number of hydrogen-bond donors (Lipinski definition) is 0. The molecule has 86 valence electrons. The van der Waals surface area contributed by atoms with Crippen LogP contribution < -0.4 is 4.74 Å². The van der Waals surface area contributed by atoms with E-state index in [-0.39, 0.29) is 11.6 Å². The molecule has 1 heterocycles. The second-order valence-corrected chi connectivity index (χ2v) is 4.47. The van der Waals surface area contributed by atoms with Gasteiger partial charge in [0, 0.05) is 12.8 Å². The van der Waals surface area contributed by atoms with Crippen molar-refractivity contribution < 1.29 is 13.9 Å². The Kier molecular flexibility index (Phi) is 2.89. The Morgan fingerprint density at radius 3 is 3.06 bits per heavy atom. The first-order valence-corrected chi connectivity index (χ1v) is 5.62. The Morgan fingerprint density at radius 2 is 2.38 bits per heavy atom. The number of aryl methyl sites for hydroxylation is 1. The lowest BCUT2D eigenvalue weighted by molar-refractivity contribution is -0.129. The molecule has 0 saturated heterocycles.